The molecule has 0 amide bonds. The fourth-order valence-electron chi connectivity index (χ4n) is 5.30. The Morgan fingerprint density at radius 1 is 0.702 bits per heavy atom. The molecule has 0 aliphatic rings. The van der Waals surface area contributed by atoms with Crippen LogP contribution in [0.4, 0.5) is 22.4 Å². The first-order valence-electron chi connectivity index (χ1n) is 16.8. The van der Waals surface area contributed by atoms with E-state index in [1.807, 2.05) is 13.0 Å². The minimum absolute atomic E-state index is 0.0816. The van der Waals surface area contributed by atoms with E-state index in [1.165, 1.54) is 50.3 Å². The highest BCUT2D eigenvalue weighted by atomic mass is 19.4. The molecule has 1 atom stereocenters. The lowest BCUT2D eigenvalue weighted by molar-refractivity contribution is -0.209. The number of unbranched alkanes of at least 4 members (excludes halogenated alkanes) is 10. The van der Waals surface area contributed by atoms with E-state index < -0.39 is 36.6 Å². The van der Waals surface area contributed by atoms with Gasteiger partial charge in [0, 0.05) is 0 Å². The van der Waals surface area contributed by atoms with E-state index in [2.05, 4.69) is 16.4 Å². The number of esters is 1. The lowest BCUT2D eigenvalue weighted by Gasteiger charge is -2.20. The van der Waals surface area contributed by atoms with E-state index in [-0.39, 0.29) is 17.7 Å². The summed E-state index contributed by atoms with van der Waals surface area (Å²) in [6, 6.07) is 18.1. The molecule has 0 fully saturated rings. The van der Waals surface area contributed by atoms with Gasteiger partial charge in [-0.15, -0.1) is 0 Å². The summed E-state index contributed by atoms with van der Waals surface area (Å²) in [7, 11) is 0. The standard InChI is InChI=1S/C38H46F4O5/c1-3-5-7-9-10-11-12-17-25-45-34-24-22-29(27-33(34)39)31-23-21-30(26-32(31)28-18-14-13-15-19-28)36(43)47-37(44)46-35(38(40,41)42)20-16-8-6-4-2/h13-15,18-19,21-24,26-27,35H,3-12,16-17,20,25H2,1-2H3. The fourth-order valence-corrected chi connectivity index (χ4v) is 5.30. The van der Waals surface area contributed by atoms with Crippen LogP contribution < -0.4 is 4.74 Å². The minimum Gasteiger partial charge on any atom is -0.491 e. The van der Waals surface area contributed by atoms with Crippen LogP contribution in [0.15, 0.2) is 66.7 Å². The Morgan fingerprint density at radius 2 is 1.34 bits per heavy atom. The number of hydrogen-bond donors (Lipinski definition) is 0. The van der Waals surface area contributed by atoms with Gasteiger partial charge >= 0.3 is 18.3 Å². The molecule has 9 heteroatoms. The fraction of sp³-hybridized carbons (Fsp3) is 0.474. The zero-order chi connectivity index (χ0) is 34.1. The van der Waals surface area contributed by atoms with Crippen molar-refractivity contribution in [2.45, 2.75) is 110 Å². The Balaban J connectivity index is 1.70. The Morgan fingerprint density at radius 3 is 1.98 bits per heavy atom. The summed E-state index contributed by atoms with van der Waals surface area (Å²) in [4.78, 5) is 25.1. The first-order chi connectivity index (χ1) is 22.6. The molecule has 0 aliphatic carbocycles. The second-order valence-corrected chi connectivity index (χ2v) is 11.7. The van der Waals surface area contributed by atoms with E-state index in [0.29, 0.717) is 35.3 Å². The first kappa shape index (κ1) is 37.6. The minimum atomic E-state index is -4.79. The van der Waals surface area contributed by atoms with E-state index in [4.69, 9.17) is 4.74 Å². The Bertz CT molecular complexity index is 1390. The molecule has 0 spiro atoms. The molecule has 1 unspecified atom stereocenters. The van der Waals surface area contributed by atoms with Crippen molar-refractivity contribution in [3.63, 3.8) is 0 Å². The molecule has 0 aromatic heterocycles. The highest BCUT2D eigenvalue weighted by molar-refractivity contribution is 5.98. The number of rotatable bonds is 19. The third-order valence-corrected chi connectivity index (χ3v) is 7.94. The Labute approximate surface area is 275 Å². The van der Waals surface area contributed by atoms with Crippen LogP contribution in [-0.4, -0.2) is 31.0 Å². The molecule has 0 bridgehead atoms. The Kier molecular flexibility index (Phi) is 15.8. The van der Waals surface area contributed by atoms with Gasteiger partial charge in [0.1, 0.15) is 0 Å². The molecule has 0 N–H and O–H groups in total. The van der Waals surface area contributed by atoms with Gasteiger partial charge in [0.2, 0.25) is 6.10 Å². The molecule has 3 aromatic carbocycles. The van der Waals surface area contributed by atoms with Gasteiger partial charge in [-0.25, -0.2) is 14.0 Å². The highest BCUT2D eigenvalue weighted by Gasteiger charge is 2.43. The van der Waals surface area contributed by atoms with Gasteiger partial charge in [-0.3, -0.25) is 0 Å². The zero-order valence-electron chi connectivity index (χ0n) is 27.4. The number of hydrogen-bond acceptors (Lipinski definition) is 5. The molecule has 256 valence electrons. The van der Waals surface area contributed by atoms with Crippen molar-refractivity contribution >= 4 is 12.1 Å². The predicted molar refractivity (Wildman–Crippen MR) is 176 cm³/mol. The molecule has 5 nitrogen and oxygen atoms in total. The van der Waals surface area contributed by atoms with E-state index in [0.717, 1.165) is 32.1 Å². The van der Waals surface area contributed by atoms with Gasteiger partial charge in [0.25, 0.3) is 0 Å². The SMILES string of the molecule is CCCCCCCCCCOc1ccc(-c2ccc(C(=O)OC(=O)OC(CCCCCC)C(F)(F)F)cc2-c2ccccc2)cc1F. The zero-order valence-corrected chi connectivity index (χ0v) is 27.4. The van der Waals surface area contributed by atoms with Crippen LogP contribution >= 0.6 is 0 Å². The lowest BCUT2D eigenvalue weighted by atomic mass is 9.92. The summed E-state index contributed by atoms with van der Waals surface area (Å²) in [6.07, 6.45) is 2.28. The van der Waals surface area contributed by atoms with Crippen molar-refractivity contribution in [2.75, 3.05) is 6.61 Å². The normalized spacial score (nSPS) is 12.0. The van der Waals surface area contributed by atoms with Gasteiger partial charge in [-0.05, 0) is 65.8 Å². The quantitative estimate of drug-likeness (QED) is 0.0555. The molecule has 47 heavy (non-hydrogen) atoms. The van der Waals surface area contributed by atoms with Crippen molar-refractivity contribution in [2.24, 2.45) is 0 Å². The molecule has 0 heterocycles. The van der Waals surface area contributed by atoms with E-state index in [9.17, 15) is 22.8 Å². The number of ether oxygens (including phenoxy) is 3. The lowest BCUT2D eigenvalue weighted by Crippen LogP contribution is -2.34. The molecule has 3 rings (SSSR count). The molecule has 0 radical (unpaired) electrons. The third kappa shape index (κ3) is 12.7. The summed E-state index contributed by atoms with van der Waals surface area (Å²) >= 11 is 0. The number of carbonyl (C=O) groups is 2. The van der Waals surface area contributed by atoms with E-state index >= 15 is 4.39 Å². The van der Waals surface area contributed by atoms with E-state index in [1.54, 1.807) is 42.5 Å². The second-order valence-electron chi connectivity index (χ2n) is 11.7. The van der Waals surface area contributed by atoms with Gasteiger partial charge < -0.3 is 14.2 Å². The number of benzene rings is 3. The topological polar surface area (TPSA) is 61.8 Å². The van der Waals surface area contributed by atoms with Crippen LogP contribution in [0.1, 0.15) is 108 Å². The molecule has 0 saturated heterocycles. The van der Waals surface area contributed by atoms with Crippen LogP contribution in [0.3, 0.4) is 0 Å². The van der Waals surface area contributed by atoms with Crippen molar-refractivity contribution in [3.05, 3.63) is 78.1 Å². The van der Waals surface area contributed by atoms with Crippen LogP contribution in [0.25, 0.3) is 22.3 Å². The molecular weight excluding hydrogens is 612 g/mol. The average Bonchev–Trinajstić information content (AvgIpc) is 3.05. The second kappa shape index (κ2) is 19.7. The van der Waals surface area contributed by atoms with Crippen LogP contribution in [0.5, 0.6) is 5.75 Å². The number of halogens is 4. The summed E-state index contributed by atoms with van der Waals surface area (Å²) in [5.74, 6) is -1.54. The van der Waals surface area contributed by atoms with Gasteiger partial charge in [-0.2, -0.15) is 13.2 Å². The predicted octanol–water partition coefficient (Wildman–Crippen LogP) is 11.9. The summed E-state index contributed by atoms with van der Waals surface area (Å²) in [5, 5.41) is 0. The molecule has 0 saturated carbocycles. The first-order valence-corrected chi connectivity index (χ1v) is 16.8. The van der Waals surface area contributed by atoms with Crippen molar-refractivity contribution in [3.8, 4) is 28.0 Å². The summed E-state index contributed by atoms with van der Waals surface area (Å²) in [6.45, 7) is 4.54. The van der Waals surface area contributed by atoms with Crippen molar-refractivity contribution < 1.29 is 41.4 Å². The number of carbonyl (C=O) groups excluding carboxylic acids is 2. The van der Waals surface area contributed by atoms with Gasteiger partial charge in [-0.1, -0.05) is 121 Å². The van der Waals surface area contributed by atoms with Gasteiger partial charge in [0.05, 0.1) is 12.2 Å². The maximum absolute atomic E-state index is 15.1. The third-order valence-electron chi connectivity index (χ3n) is 7.94. The van der Waals surface area contributed by atoms with Crippen LogP contribution in [0, 0.1) is 5.82 Å². The smallest absolute Gasteiger partial charge is 0.491 e. The van der Waals surface area contributed by atoms with Crippen LogP contribution in [0.2, 0.25) is 0 Å². The summed E-state index contributed by atoms with van der Waals surface area (Å²) in [5.41, 5.74) is 2.26. The van der Waals surface area contributed by atoms with Crippen LogP contribution in [-0.2, 0) is 9.47 Å². The molecule has 0 aliphatic heterocycles. The average molecular weight is 659 g/mol. The van der Waals surface area contributed by atoms with Crippen molar-refractivity contribution in [1.29, 1.82) is 0 Å². The highest BCUT2D eigenvalue weighted by Crippen LogP contribution is 2.35. The maximum Gasteiger partial charge on any atom is 0.517 e. The molecular formula is C38H46F4O5. The summed E-state index contributed by atoms with van der Waals surface area (Å²) < 4.78 is 70.4. The molecule has 3 aromatic rings. The maximum atomic E-state index is 15.1. The van der Waals surface area contributed by atoms with Crippen molar-refractivity contribution in [1.82, 2.24) is 0 Å². The monoisotopic (exact) mass is 658 g/mol. The largest absolute Gasteiger partial charge is 0.517 e. The number of alkyl halides is 3. The van der Waals surface area contributed by atoms with Gasteiger partial charge in [0.15, 0.2) is 11.6 Å². The Hall–Kier alpha value is -3.88.